The van der Waals surface area contributed by atoms with Crippen LogP contribution in [0.25, 0.3) is 0 Å². The number of nitrogens with one attached hydrogen (secondary N) is 1. The first-order valence-corrected chi connectivity index (χ1v) is 7.74. The first kappa shape index (κ1) is 17.4. The molecule has 0 aromatic heterocycles. The average molecular weight is 321 g/mol. The summed E-state index contributed by atoms with van der Waals surface area (Å²) in [6, 6.07) is 5.69. The van der Waals surface area contributed by atoms with Crippen LogP contribution in [0.3, 0.4) is 0 Å². The summed E-state index contributed by atoms with van der Waals surface area (Å²) in [5.41, 5.74) is -0.154. The van der Waals surface area contributed by atoms with Gasteiger partial charge in [-0.3, -0.25) is 9.69 Å². The molecule has 1 aromatic carbocycles. The monoisotopic (exact) mass is 321 g/mol. The van der Waals surface area contributed by atoms with Gasteiger partial charge in [0.05, 0.1) is 12.6 Å². The zero-order valence-electron chi connectivity index (χ0n) is 13.4. The number of amides is 1. The lowest BCUT2D eigenvalue weighted by atomic mass is 10.00. The third kappa shape index (κ3) is 4.05. The van der Waals surface area contributed by atoms with Gasteiger partial charge in [-0.2, -0.15) is 5.26 Å². The minimum Gasteiger partial charge on any atom is -0.337 e. The minimum absolute atomic E-state index is 0.0869. The van der Waals surface area contributed by atoms with Crippen LogP contribution in [-0.4, -0.2) is 29.9 Å². The second kappa shape index (κ2) is 7.05. The molecule has 1 fully saturated rings. The summed E-state index contributed by atoms with van der Waals surface area (Å²) in [5, 5.41) is 12.1. The van der Waals surface area contributed by atoms with Gasteiger partial charge in [-0.05, 0) is 57.4 Å². The highest BCUT2D eigenvalue weighted by Crippen LogP contribution is 2.29. The Morgan fingerprint density at radius 3 is 2.61 bits per heavy atom. The number of rotatable bonds is 5. The van der Waals surface area contributed by atoms with Gasteiger partial charge < -0.3 is 5.32 Å². The number of hydrogen-bond acceptors (Lipinski definition) is 3. The van der Waals surface area contributed by atoms with Crippen molar-refractivity contribution in [1.82, 2.24) is 10.2 Å². The minimum atomic E-state index is -0.901. The van der Waals surface area contributed by atoms with Crippen molar-refractivity contribution >= 4 is 5.91 Å². The Labute approximate surface area is 135 Å². The number of hydrogen-bond donors (Lipinski definition) is 1. The highest BCUT2D eigenvalue weighted by Gasteiger charge is 2.35. The zero-order valence-corrected chi connectivity index (χ0v) is 13.4. The fourth-order valence-electron chi connectivity index (χ4n) is 2.94. The quantitative estimate of drug-likeness (QED) is 0.907. The van der Waals surface area contributed by atoms with Gasteiger partial charge in [0.2, 0.25) is 5.91 Å². The number of carbonyl (C=O) groups excluding carboxylic acids is 1. The van der Waals surface area contributed by atoms with Gasteiger partial charge in [-0.15, -0.1) is 0 Å². The van der Waals surface area contributed by atoms with E-state index in [2.05, 4.69) is 11.4 Å². The number of carbonyl (C=O) groups is 1. The van der Waals surface area contributed by atoms with E-state index in [9.17, 15) is 18.8 Å². The first-order chi connectivity index (χ1) is 10.9. The van der Waals surface area contributed by atoms with Crippen molar-refractivity contribution in [3.05, 3.63) is 35.4 Å². The second-order valence-corrected chi connectivity index (χ2v) is 6.21. The Bertz CT molecular complexity index is 621. The van der Waals surface area contributed by atoms with Crippen LogP contribution in [0, 0.1) is 23.0 Å². The van der Waals surface area contributed by atoms with Gasteiger partial charge >= 0.3 is 0 Å². The summed E-state index contributed by atoms with van der Waals surface area (Å²) in [6.45, 7) is 1.90. The van der Waals surface area contributed by atoms with E-state index in [0.717, 1.165) is 25.0 Å². The van der Waals surface area contributed by atoms with Gasteiger partial charge in [0.15, 0.2) is 11.6 Å². The maximum Gasteiger partial charge on any atom is 0.235 e. The summed E-state index contributed by atoms with van der Waals surface area (Å²) in [4.78, 5) is 13.9. The van der Waals surface area contributed by atoms with E-state index in [1.807, 2.05) is 6.92 Å². The molecular formula is C17H21F2N3O. The molecule has 1 aromatic rings. The van der Waals surface area contributed by atoms with Crippen LogP contribution in [0.5, 0.6) is 0 Å². The van der Waals surface area contributed by atoms with E-state index in [1.165, 1.54) is 6.07 Å². The molecule has 1 saturated carbocycles. The smallest absolute Gasteiger partial charge is 0.235 e. The third-order valence-electron chi connectivity index (χ3n) is 4.53. The lowest BCUT2D eigenvalue weighted by molar-refractivity contribution is -0.123. The number of nitriles is 1. The molecule has 1 aliphatic rings. The van der Waals surface area contributed by atoms with Gasteiger partial charge in [-0.25, -0.2) is 8.78 Å². The van der Waals surface area contributed by atoms with E-state index in [1.54, 1.807) is 11.9 Å². The standard InChI is InChI=1S/C17H21F2N3O/c1-12(13-5-6-14(18)15(19)9-13)22(2)10-16(23)21-17(11-20)7-3-4-8-17/h5-6,9,12H,3-4,7-8,10H2,1-2H3,(H,21,23)/t12-/m1/s1. The molecule has 0 saturated heterocycles. The van der Waals surface area contributed by atoms with Crippen LogP contribution in [0.1, 0.15) is 44.2 Å². The molecule has 0 bridgehead atoms. The molecule has 1 amide bonds. The molecule has 2 rings (SSSR count). The number of likely N-dealkylation sites (N-methyl/N-ethyl adjacent to an activating group) is 1. The normalized spacial score (nSPS) is 17.7. The summed E-state index contributed by atoms with van der Waals surface area (Å²) in [5.74, 6) is -2.02. The van der Waals surface area contributed by atoms with Crippen LogP contribution >= 0.6 is 0 Å². The first-order valence-electron chi connectivity index (χ1n) is 7.74. The topological polar surface area (TPSA) is 56.1 Å². The molecular weight excluding hydrogens is 300 g/mol. The zero-order chi connectivity index (χ0) is 17.0. The SMILES string of the molecule is C[C@H](c1ccc(F)c(F)c1)N(C)CC(=O)NC1(C#N)CCCC1. The molecule has 124 valence electrons. The molecule has 0 spiro atoms. The maximum atomic E-state index is 13.3. The lowest BCUT2D eigenvalue weighted by Gasteiger charge is -2.27. The second-order valence-electron chi connectivity index (χ2n) is 6.21. The van der Waals surface area contributed by atoms with Crippen molar-refractivity contribution in [3.63, 3.8) is 0 Å². The molecule has 4 nitrogen and oxygen atoms in total. The van der Waals surface area contributed by atoms with E-state index < -0.39 is 17.2 Å². The van der Waals surface area contributed by atoms with Gasteiger partial charge in [0.1, 0.15) is 5.54 Å². The number of halogens is 2. The average Bonchev–Trinajstić information content (AvgIpc) is 2.98. The van der Waals surface area contributed by atoms with Crippen molar-refractivity contribution in [2.75, 3.05) is 13.6 Å². The van der Waals surface area contributed by atoms with Crippen LogP contribution in [0.4, 0.5) is 8.78 Å². The number of nitrogens with zero attached hydrogens (tertiary/aromatic N) is 2. The summed E-state index contributed by atoms with van der Waals surface area (Å²) in [7, 11) is 1.74. The summed E-state index contributed by atoms with van der Waals surface area (Å²) < 4.78 is 26.3. The fraction of sp³-hybridized carbons (Fsp3) is 0.529. The van der Waals surface area contributed by atoms with Crippen LogP contribution < -0.4 is 5.32 Å². The molecule has 1 aliphatic carbocycles. The summed E-state index contributed by atoms with van der Waals surface area (Å²) >= 11 is 0. The largest absolute Gasteiger partial charge is 0.337 e. The van der Waals surface area contributed by atoms with Crippen molar-refractivity contribution in [2.24, 2.45) is 0 Å². The van der Waals surface area contributed by atoms with Crippen molar-refractivity contribution in [3.8, 4) is 6.07 Å². The van der Waals surface area contributed by atoms with E-state index >= 15 is 0 Å². The highest BCUT2D eigenvalue weighted by atomic mass is 19.2. The Balaban J connectivity index is 1.97. The molecule has 23 heavy (non-hydrogen) atoms. The van der Waals surface area contributed by atoms with Crippen molar-refractivity contribution in [2.45, 2.75) is 44.2 Å². The Hall–Kier alpha value is -2.00. The van der Waals surface area contributed by atoms with E-state index in [0.29, 0.717) is 18.4 Å². The molecule has 0 radical (unpaired) electrons. The van der Waals surface area contributed by atoms with Gasteiger partial charge in [0.25, 0.3) is 0 Å². The van der Waals surface area contributed by atoms with Crippen LogP contribution in [0.2, 0.25) is 0 Å². The van der Waals surface area contributed by atoms with Gasteiger partial charge in [0, 0.05) is 6.04 Å². The summed E-state index contributed by atoms with van der Waals surface area (Å²) in [6.07, 6.45) is 3.24. The lowest BCUT2D eigenvalue weighted by Crippen LogP contribution is -2.48. The van der Waals surface area contributed by atoms with Crippen molar-refractivity contribution in [1.29, 1.82) is 5.26 Å². The maximum absolute atomic E-state index is 13.3. The van der Waals surface area contributed by atoms with Crippen LogP contribution in [0.15, 0.2) is 18.2 Å². The molecule has 0 aliphatic heterocycles. The van der Waals surface area contributed by atoms with E-state index in [-0.39, 0.29) is 18.5 Å². The third-order valence-corrected chi connectivity index (χ3v) is 4.53. The molecule has 0 unspecified atom stereocenters. The van der Waals surface area contributed by atoms with Crippen molar-refractivity contribution < 1.29 is 13.6 Å². The molecule has 0 heterocycles. The van der Waals surface area contributed by atoms with E-state index in [4.69, 9.17) is 0 Å². The highest BCUT2D eigenvalue weighted by molar-refractivity contribution is 5.79. The molecule has 1 N–H and O–H groups in total. The number of benzene rings is 1. The fourth-order valence-corrected chi connectivity index (χ4v) is 2.94. The van der Waals surface area contributed by atoms with Gasteiger partial charge in [-0.1, -0.05) is 6.07 Å². The predicted octanol–water partition coefficient (Wildman–Crippen LogP) is 2.91. The predicted molar refractivity (Wildman–Crippen MR) is 82.4 cm³/mol. The Morgan fingerprint density at radius 1 is 1.39 bits per heavy atom. The Kier molecular flexibility index (Phi) is 5.32. The molecule has 1 atom stereocenters. The van der Waals surface area contributed by atoms with Crippen LogP contribution in [-0.2, 0) is 4.79 Å². The molecule has 6 heteroatoms. The Morgan fingerprint density at radius 2 is 2.04 bits per heavy atom.